The first-order valence-corrected chi connectivity index (χ1v) is 8.63. The number of nitrogens with zero attached hydrogens (tertiary/aromatic N) is 2. The van der Waals surface area contributed by atoms with Crippen LogP contribution in [0.25, 0.3) is 0 Å². The van der Waals surface area contributed by atoms with Gasteiger partial charge >= 0.3 is 6.18 Å². The van der Waals surface area contributed by atoms with Crippen molar-refractivity contribution in [2.75, 3.05) is 6.61 Å². The van der Waals surface area contributed by atoms with Crippen molar-refractivity contribution in [3.63, 3.8) is 0 Å². The van der Waals surface area contributed by atoms with E-state index in [-0.39, 0.29) is 17.1 Å². The first kappa shape index (κ1) is 19.2. The number of halogens is 3. The lowest BCUT2D eigenvalue weighted by Crippen LogP contribution is -2.68. The van der Waals surface area contributed by atoms with Crippen LogP contribution in [-0.2, 0) is 15.8 Å². The van der Waals surface area contributed by atoms with E-state index in [2.05, 4.69) is 4.99 Å². The number of hydroxylamine groups is 2. The molecule has 26 heavy (non-hydrogen) atoms. The minimum absolute atomic E-state index is 0.294. The molecule has 1 saturated heterocycles. The highest BCUT2D eigenvalue weighted by Crippen LogP contribution is 2.51. The van der Waals surface area contributed by atoms with Crippen molar-refractivity contribution in [2.24, 2.45) is 4.99 Å². The molecule has 2 aliphatic rings. The summed E-state index contributed by atoms with van der Waals surface area (Å²) in [5.74, 6) is 0.493. The highest BCUT2D eigenvalue weighted by Gasteiger charge is 2.61. The highest BCUT2D eigenvalue weighted by molar-refractivity contribution is 5.88. The second-order valence-corrected chi connectivity index (χ2v) is 8.74. The van der Waals surface area contributed by atoms with Gasteiger partial charge in [-0.05, 0) is 59.2 Å². The summed E-state index contributed by atoms with van der Waals surface area (Å²) in [5.41, 5.74) is -1.45. The van der Waals surface area contributed by atoms with E-state index < -0.39 is 17.3 Å². The van der Waals surface area contributed by atoms with Crippen molar-refractivity contribution < 1.29 is 22.7 Å². The van der Waals surface area contributed by atoms with Crippen molar-refractivity contribution in [2.45, 2.75) is 70.4 Å². The zero-order valence-electron chi connectivity index (χ0n) is 15.9. The second kappa shape index (κ2) is 5.70. The predicted molar refractivity (Wildman–Crippen MR) is 92.7 cm³/mol. The van der Waals surface area contributed by atoms with Crippen LogP contribution in [0.1, 0.15) is 58.7 Å². The van der Waals surface area contributed by atoms with Gasteiger partial charge in [-0.25, -0.2) is 4.99 Å². The maximum absolute atomic E-state index is 12.9. The fraction of sp³-hybridized carbons (Fsp3) is 0.632. The second-order valence-electron chi connectivity index (χ2n) is 8.74. The minimum atomic E-state index is -4.36. The smallest absolute Gasteiger partial charge is 0.416 e. The van der Waals surface area contributed by atoms with E-state index in [0.29, 0.717) is 12.5 Å². The highest BCUT2D eigenvalue weighted by atomic mass is 19.4. The molecule has 0 radical (unpaired) electrons. The molecule has 0 N–H and O–H groups in total. The summed E-state index contributed by atoms with van der Waals surface area (Å²) >= 11 is 0. The fourth-order valence-corrected chi connectivity index (χ4v) is 3.31. The standard InChI is InChI=1S/C19H25F3N2O2/c1-16(2,3)24-14(12-7-9-13(10-8-12)19(20,21)22)18(6,26-24)15-23-17(4,5)11-25-15/h7-10,14H,11H2,1-6H3/t14-,18-/m1/s1. The van der Waals surface area contributed by atoms with Crippen LogP contribution in [0.5, 0.6) is 0 Å². The molecule has 4 nitrogen and oxygen atoms in total. The van der Waals surface area contributed by atoms with Crippen LogP contribution in [0.3, 0.4) is 0 Å². The monoisotopic (exact) mass is 370 g/mol. The molecular weight excluding hydrogens is 345 g/mol. The Morgan fingerprint density at radius 1 is 1.08 bits per heavy atom. The molecule has 0 unspecified atom stereocenters. The summed E-state index contributed by atoms with van der Waals surface area (Å²) in [6.45, 7) is 12.2. The number of hydrogen-bond donors (Lipinski definition) is 0. The number of rotatable bonds is 2. The van der Waals surface area contributed by atoms with E-state index in [1.165, 1.54) is 12.1 Å². The molecule has 3 rings (SSSR count). The molecular formula is C19H25F3N2O2. The molecule has 2 heterocycles. The largest absolute Gasteiger partial charge is 0.476 e. The Morgan fingerprint density at radius 2 is 1.65 bits per heavy atom. The van der Waals surface area contributed by atoms with Gasteiger partial charge in [0.2, 0.25) is 5.90 Å². The van der Waals surface area contributed by atoms with E-state index in [9.17, 15) is 13.2 Å². The Labute approximate surface area is 151 Å². The quantitative estimate of drug-likeness (QED) is 0.753. The molecule has 0 spiro atoms. The zero-order valence-corrected chi connectivity index (χ0v) is 15.9. The van der Waals surface area contributed by atoms with Gasteiger partial charge in [-0.3, -0.25) is 4.84 Å². The van der Waals surface area contributed by atoms with Crippen molar-refractivity contribution >= 4 is 5.90 Å². The van der Waals surface area contributed by atoms with Crippen molar-refractivity contribution in [1.29, 1.82) is 0 Å². The summed E-state index contributed by atoms with van der Waals surface area (Å²) < 4.78 is 44.5. The Hall–Kier alpha value is -1.60. The fourth-order valence-electron chi connectivity index (χ4n) is 3.31. The molecule has 2 atom stereocenters. The van der Waals surface area contributed by atoms with Gasteiger partial charge in [0, 0.05) is 5.54 Å². The molecule has 0 amide bonds. The third-order valence-corrected chi connectivity index (χ3v) is 4.65. The minimum Gasteiger partial charge on any atom is -0.476 e. The van der Waals surface area contributed by atoms with Crippen LogP contribution in [0.15, 0.2) is 29.3 Å². The molecule has 2 aliphatic heterocycles. The van der Waals surface area contributed by atoms with Crippen molar-refractivity contribution in [3.8, 4) is 0 Å². The Kier molecular flexibility index (Phi) is 4.20. The summed E-state index contributed by atoms with van der Waals surface area (Å²) in [6, 6.07) is 4.94. The van der Waals surface area contributed by atoms with Gasteiger partial charge in [0.15, 0.2) is 5.60 Å². The zero-order chi connectivity index (χ0) is 19.5. The van der Waals surface area contributed by atoms with E-state index in [1.807, 2.05) is 41.5 Å². The number of ether oxygens (including phenoxy) is 1. The van der Waals surface area contributed by atoms with Gasteiger partial charge in [-0.1, -0.05) is 12.1 Å². The van der Waals surface area contributed by atoms with E-state index in [4.69, 9.17) is 9.57 Å². The first-order chi connectivity index (χ1) is 11.7. The molecule has 144 valence electrons. The Bertz CT molecular complexity index is 720. The third kappa shape index (κ3) is 3.22. The van der Waals surface area contributed by atoms with Crippen LogP contribution < -0.4 is 0 Å². The maximum Gasteiger partial charge on any atom is 0.416 e. The molecule has 0 aliphatic carbocycles. The van der Waals surface area contributed by atoms with Crippen molar-refractivity contribution in [1.82, 2.24) is 5.06 Å². The third-order valence-electron chi connectivity index (χ3n) is 4.65. The maximum atomic E-state index is 12.9. The average Bonchev–Trinajstić information content (AvgIpc) is 2.83. The normalized spacial score (nSPS) is 29.1. The Morgan fingerprint density at radius 3 is 2.08 bits per heavy atom. The molecule has 7 heteroatoms. The summed E-state index contributed by atoms with van der Waals surface area (Å²) in [6.07, 6.45) is -4.36. The van der Waals surface area contributed by atoms with Crippen LogP contribution >= 0.6 is 0 Å². The van der Waals surface area contributed by atoms with Gasteiger partial charge < -0.3 is 4.74 Å². The van der Waals surface area contributed by atoms with E-state index in [1.54, 1.807) is 5.06 Å². The van der Waals surface area contributed by atoms with Crippen LogP contribution in [0, 0.1) is 0 Å². The number of hydrogen-bond acceptors (Lipinski definition) is 4. The number of alkyl halides is 3. The molecule has 1 aromatic rings. The average molecular weight is 370 g/mol. The van der Waals surface area contributed by atoms with Crippen LogP contribution in [0.4, 0.5) is 13.2 Å². The summed E-state index contributed by atoms with van der Waals surface area (Å²) in [5, 5.41) is 1.80. The lowest BCUT2D eigenvalue weighted by atomic mass is 9.83. The van der Waals surface area contributed by atoms with Gasteiger partial charge in [0.25, 0.3) is 0 Å². The lowest BCUT2D eigenvalue weighted by molar-refractivity contribution is -0.399. The number of benzene rings is 1. The van der Waals surface area contributed by atoms with Gasteiger partial charge in [0.1, 0.15) is 12.6 Å². The molecule has 0 saturated carbocycles. The SMILES string of the molecule is CC1(C)COC([C@]2(C)ON(C(C)(C)C)[C@@H]2c2ccc(C(F)(F)F)cc2)=N1. The molecule has 0 bridgehead atoms. The van der Waals surface area contributed by atoms with Gasteiger partial charge in [-0.2, -0.15) is 18.2 Å². The van der Waals surface area contributed by atoms with Crippen LogP contribution in [0.2, 0.25) is 0 Å². The Balaban J connectivity index is 1.98. The lowest BCUT2D eigenvalue weighted by Gasteiger charge is -2.58. The molecule has 1 aromatic carbocycles. The van der Waals surface area contributed by atoms with Gasteiger partial charge in [-0.15, -0.1) is 0 Å². The summed E-state index contributed by atoms with van der Waals surface area (Å²) in [4.78, 5) is 10.7. The molecule has 0 aromatic heterocycles. The number of aliphatic imine (C=N–C) groups is 1. The first-order valence-electron chi connectivity index (χ1n) is 8.63. The topological polar surface area (TPSA) is 34.1 Å². The van der Waals surface area contributed by atoms with Crippen LogP contribution in [-0.4, -0.2) is 34.2 Å². The van der Waals surface area contributed by atoms with Gasteiger partial charge in [0.05, 0.1) is 11.1 Å². The van der Waals surface area contributed by atoms with E-state index >= 15 is 0 Å². The predicted octanol–water partition coefficient (Wildman–Crippen LogP) is 4.76. The molecule has 1 fully saturated rings. The summed E-state index contributed by atoms with van der Waals surface area (Å²) in [7, 11) is 0. The van der Waals surface area contributed by atoms with Crippen molar-refractivity contribution in [3.05, 3.63) is 35.4 Å². The van der Waals surface area contributed by atoms with E-state index in [0.717, 1.165) is 17.7 Å².